The van der Waals surface area contributed by atoms with Crippen molar-refractivity contribution >= 4 is 6.29 Å². The van der Waals surface area contributed by atoms with Gasteiger partial charge in [0.05, 0.1) is 11.3 Å². The molecule has 0 aliphatic carbocycles. The molecule has 0 N–H and O–H groups in total. The summed E-state index contributed by atoms with van der Waals surface area (Å²) in [5, 5.41) is 3.74. The summed E-state index contributed by atoms with van der Waals surface area (Å²) < 4.78 is 39.5. The van der Waals surface area contributed by atoms with E-state index in [1.165, 1.54) is 30.6 Å². The van der Waals surface area contributed by atoms with Gasteiger partial charge in [-0.2, -0.15) is 18.3 Å². The molecule has 2 rings (SSSR count). The Morgan fingerprint density at radius 1 is 1.29 bits per heavy atom. The van der Waals surface area contributed by atoms with E-state index < -0.39 is 11.7 Å². The molecule has 0 saturated heterocycles. The van der Waals surface area contributed by atoms with Crippen molar-refractivity contribution in [2.45, 2.75) is 6.18 Å². The largest absolute Gasteiger partial charge is 0.418 e. The molecule has 88 valence electrons. The molecule has 17 heavy (non-hydrogen) atoms. The van der Waals surface area contributed by atoms with Crippen LogP contribution in [0.1, 0.15) is 15.9 Å². The van der Waals surface area contributed by atoms with Crippen LogP contribution < -0.4 is 0 Å². The number of carbonyl (C=O) groups excluding carboxylic acids is 1. The van der Waals surface area contributed by atoms with Crippen molar-refractivity contribution in [3.05, 3.63) is 47.8 Å². The standard InChI is InChI=1S/C11H7F3N2O/c12-11(13,14)9-6-8(7-17)2-3-10(9)16-5-1-4-15-16/h1-7H. The first-order valence-corrected chi connectivity index (χ1v) is 4.69. The number of alkyl halides is 3. The molecule has 0 bridgehead atoms. The van der Waals surface area contributed by atoms with E-state index in [0.717, 1.165) is 10.7 Å². The van der Waals surface area contributed by atoms with E-state index in [1.807, 2.05) is 0 Å². The minimum atomic E-state index is -4.53. The van der Waals surface area contributed by atoms with Crippen LogP contribution in [0.15, 0.2) is 36.7 Å². The zero-order chi connectivity index (χ0) is 12.5. The minimum absolute atomic E-state index is 0.0202. The molecular weight excluding hydrogens is 233 g/mol. The van der Waals surface area contributed by atoms with E-state index in [4.69, 9.17) is 0 Å². The van der Waals surface area contributed by atoms with Crippen molar-refractivity contribution in [1.29, 1.82) is 0 Å². The smallest absolute Gasteiger partial charge is 0.298 e. The first-order chi connectivity index (χ1) is 8.02. The molecule has 0 aliphatic heterocycles. The third-order valence-corrected chi connectivity index (χ3v) is 2.21. The number of aromatic nitrogens is 2. The normalized spacial score (nSPS) is 11.5. The zero-order valence-electron chi connectivity index (χ0n) is 8.48. The van der Waals surface area contributed by atoms with Gasteiger partial charge in [0.15, 0.2) is 0 Å². The molecular formula is C11H7F3N2O. The first-order valence-electron chi connectivity index (χ1n) is 4.69. The Hall–Kier alpha value is -2.11. The Kier molecular flexibility index (Phi) is 2.71. The number of hydrogen-bond acceptors (Lipinski definition) is 2. The van der Waals surface area contributed by atoms with Crippen molar-refractivity contribution in [3.63, 3.8) is 0 Å². The Morgan fingerprint density at radius 3 is 2.59 bits per heavy atom. The van der Waals surface area contributed by atoms with Crippen LogP contribution in [-0.2, 0) is 6.18 Å². The van der Waals surface area contributed by atoms with Crippen molar-refractivity contribution < 1.29 is 18.0 Å². The predicted octanol–water partition coefficient (Wildman–Crippen LogP) is 2.70. The lowest BCUT2D eigenvalue weighted by Crippen LogP contribution is -2.11. The lowest BCUT2D eigenvalue weighted by atomic mass is 10.1. The maximum absolute atomic E-state index is 12.8. The van der Waals surface area contributed by atoms with Crippen LogP contribution in [0.2, 0.25) is 0 Å². The second-order valence-corrected chi connectivity index (χ2v) is 3.34. The molecule has 0 amide bonds. The minimum Gasteiger partial charge on any atom is -0.298 e. The molecule has 0 unspecified atom stereocenters. The Balaban J connectivity index is 2.63. The average molecular weight is 240 g/mol. The monoisotopic (exact) mass is 240 g/mol. The summed E-state index contributed by atoms with van der Waals surface area (Å²) in [6.45, 7) is 0. The van der Waals surface area contributed by atoms with Gasteiger partial charge in [-0.15, -0.1) is 0 Å². The first kappa shape index (κ1) is 11.4. The van der Waals surface area contributed by atoms with E-state index in [9.17, 15) is 18.0 Å². The summed E-state index contributed by atoms with van der Waals surface area (Å²) in [5.74, 6) is 0. The lowest BCUT2D eigenvalue weighted by molar-refractivity contribution is -0.137. The molecule has 1 aromatic heterocycles. The van der Waals surface area contributed by atoms with Gasteiger partial charge < -0.3 is 0 Å². The number of hydrogen-bond donors (Lipinski definition) is 0. The molecule has 0 spiro atoms. The van der Waals surface area contributed by atoms with Crippen molar-refractivity contribution in [2.24, 2.45) is 0 Å². The SMILES string of the molecule is O=Cc1ccc(-n2cccn2)c(C(F)(F)F)c1. The second kappa shape index (κ2) is 4.04. The third kappa shape index (κ3) is 2.20. The zero-order valence-corrected chi connectivity index (χ0v) is 8.48. The van der Waals surface area contributed by atoms with Gasteiger partial charge >= 0.3 is 6.18 Å². The molecule has 1 aromatic carbocycles. The van der Waals surface area contributed by atoms with Gasteiger partial charge in [-0.3, -0.25) is 4.79 Å². The number of aldehydes is 1. The summed E-state index contributed by atoms with van der Waals surface area (Å²) >= 11 is 0. The Labute approximate surface area is 94.5 Å². The number of benzene rings is 1. The van der Waals surface area contributed by atoms with Gasteiger partial charge in [-0.25, -0.2) is 4.68 Å². The summed E-state index contributed by atoms with van der Waals surface area (Å²) in [4.78, 5) is 10.5. The fourth-order valence-electron chi connectivity index (χ4n) is 1.47. The van der Waals surface area contributed by atoms with Gasteiger partial charge in [0.2, 0.25) is 0 Å². The highest BCUT2D eigenvalue weighted by atomic mass is 19.4. The number of nitrogens with zero attached hydrogens (tertiary/aromatic N) is 2. The molecule has 0 atom stereocenters. The molecule has 0 aliphatic rings. The van der Waals surface area contributed by atoms with E-state index in [1.54, 1.807) is 0 Å². The van der Waals surface area contributed by atoms with Gasteiger partial charge in [0.1, 0.15) is 6.29 Å². The van der Waals surface area contributed by atoms with Crippen LogP contribution >= 0.6 is 0 Å². The molecule has 6 heteroatoms. The summed E-state index contributed by atoms with van der Waals surface area (Å²) in [6, 6.07) is 4.87. The Morgan fingerprint density at radius 2 is 2.06 bits per heavy atom. The summed E-state index contributed by atoms with van der Waals surface area (Å²) in [5.41, 5.74) is -1.01. The van der Waals surface area contributed by atoms with Crippen molar-refractivity contribution in [1.82, 2.24) is 9.78 Å². The van der Waals surface area contributed by atoms with E-state index in [-0.39, 0.29) is 11.3 Å². The quantitative estimate of drug-likeness (QED) is 0.756. The van der Waals surface area contributed by atoms with Crippen LogP contribution in [-0.4, -0.2) is 16.1 Å². The second-order valence-electron chi connectivity index (χ2n) is 3.34. The van der Waals surface area contributed by atoms with Crippen LogP contribution in [0.5, 0.6) is 0 Å². The maximum Gasteiger partial charge on any atom is 0.418 e. The lowest BCUT2D eigenvalue weighted by Gasteiger charge is -2.13. The highest BCUT2D eigenvalue weighted by Crippen LogP contribution is 2.34. The van der Waals surface area contributed by atoms with Gasteiger partial charge in [-0.05, 0) is 24.3 Å². The van der Waals surface area contributed by atoms with E-state index >= 15 is 0 Å². The maximum atomic E-state index is 12.8. The van der Waals surface area contributed by atoms with Gasteiger partial charge in [-0.1, -0.05) is 0 Å². The molecule has 1 heterocycles. The van der Waals surface area contributed by atoms with Gasteiger partial charge in [0, 0.05) is 18.0 Å². The van der Waals surface area contributed by atoms with Crippen molar-refractivity contribution in [3.8, 4) is 5.69 Å². The molecule has 0 radical (unpaired) electrons. The van der Waals surface area contributed by atoms with Gasteiger partial charge in [0.25, 0.3) is 0 Å². The number of carbonyl (C=O) groups is 1. The predicted molar refractivity (Wildman–Crippen MR) is 54.0 cm³/mol. The van der Waals surface area contributed by atoms with Crippen molar-refractivity contribution in [2.75, 3.05) is 0 Å². The molecule has 2 aromatic rings. The fourth-order valence-corrected chi connectivity index (χ4v) is 1.47. The average Bonchev–Trinajstić information content (AvgIpc) is 2.80. The fraction of sp³-hybridized carbons (Fsp3) is 0.0909. The molecule has 0 saturated carbocycles. The number of rotatable bonds is 2. The Bertz CT molecular complexity index is 532. The van der Waals surface area contributed by atoms with Crippen LogP contribution in [0.3, 0.4) is 0 Å². The third-order valence-electron chi connectivity index (χ3n) is 2.21. The number of halogens is 3. The van der Waals surface area contributed by atoms with Crippen LogP contribution in [0, 0.1) is 0 Å². The molecule has 3 nitrogen and oxygen atoms in total. The van der Waals surface area contributed by atoms with Crippen LogP contribution in [0.4, 0.5) is 13.2 Å². The summed E-state index contributed by atoms with van der Waals surface area (Å²) in [6.07, 6.45) is -1.36. The highest BCUT2D eigenvalue weighted by Gasteiger charge is 2.34. The molecule has 0 fully saturated rings. The highest BCUT2D eigenvalue weighted by molar-refractivity contribution is 5.76. The summed E-state index contributed by atoms with van der Waals surface area (Å²) in [7, 11) is 0. The van der Waals surface area contributed by atoms with Crippen LogP contribution in [0.25, 0.3) is 5.69 Å². The van der Waals surface area contributed by atoms with E-state index in [0.29, 0.717) is 6.29 Å². The van der Waals surface area contributed by atoms with E-state index in [2.05, 4.69) is 5.10 Å². The topological polar surface area (TPSA) is 34.9 Å².